The van der Waals surface area contributed by atoms with Crippen LogP contribution in [0.3, 0.4) is 0 Å². The molecule has 26 rings (SSSR count). The Balaban J connectivity index is 0.835. The first-order valence-corrected chi connectivity index (χ1v) is 38.4. The van der Waals surface area contributed by atoms with Crippen LogP contribution < -0.4 is 26.2 Å². The van der Waals surface area contributed by atoms with E-state index in [9.17, 15) is 0 Å². The van der Waals surface area contributed by atoms with Gasteiger partial charge in [0.1, 0.15) is 0 Å². The number of anilines is 6. The smallest absolute Gasteiger partial charge is 0.252 e. The van der Waals surface area contributed by atoms with Gasteiger partial charge in [-0.1, -0.05) is 322 Å². The lowest BCUT2D eigenvalue weighted by Gasteiger charge is -2.46. The SMILES string of the molecule is c1ccc(-c2ccc3c(c2)B2c4cc5c(cc4N(c4ccc6c(c4)-c4ccccc4C64c6ccccc6-c6ccccc64)c4cc(-n6c7ccccc7c7ccccc76)cc(c42)N3c2cccc3c2C2(c4ccccc4-c4ccccc42)c2ccccc2-3)-c2ccccc2C52c3ccccc3-c3ccccc32)cc1. The summed E-state index contributed by atoms with van der Waals surface area (Å²) in [5.41, 5.74) is 45.8. The Bertz CT molecular complexity index is 6960. The van der Waals surface area contributed by atoms with E-state index in [0.717, 1.165) is 45.2 Å². The molecule has 4 heteroatoms. The Morgan fingerprint density at radius 2 is 0.587 bits per heavy atom. The first-order chi connectivity index (χ1) is 54.1. The van der Waals surface area contributed by atoms with Gasteiger partial charge in [0.05, 0.1) is 38.7 Å². The normalized spacial score (nSPS) is 15.0. The minimum Gasteiger partial charge on any atom is -0.311 e. The number of aromatic nitrogens is 1. The highest BCUT2D eigenvalue weighted by Gasteiger charge is 2.58. The van der Waals surface area contributed by atoms with Crippen molar-refractivity contribution < 1.29 is 0 Å². The van der Waals surface area contributed by atoms with Crippen molar-refractivity contribution in [2.45, 2.75) is 16.2 Å². The average molecular weight is 1380 g/mol. The third kappa shape index (κ3) is 6.96. The van der Waals surface area contributed by atoms with Gasteiger partial charge in [-0.05, 0) is 210 Å². The summed E-state index contributed by atoms with van der Waals surface area (Å²) in [5, 5.41) is 2.44. The van der Waals surface area contributed by atoms with E-state index in [2.05, 4.69) is 390 Å². The number of hydrogen-bond acceptors (Lipinski definition) is 2. The van der Waals surface area contributed by atoms with Gasteiger partial charge in [-0.3, -0.25) is 0 Å². The van der Waals surface area contributed by atoms with Crippen molar-refractivity contribution >= 4 is 79.0 Å². The highest BCUT2D eigenvalue weighted by Crippen LogP contribution is 2.69. The monoisotopic (exact) mass is 1380 g/mol. The van der Waals surface area contributed by atoms with Gasteiger partial charge in [0, 0.05) is 44.8 Å². The van der Waals surface area contributed by atoms with Crippen LogP contribution in [-0.4, -0.2) is 11.3 Å². The lowest BCUT2D eigenvalue weighted by atomic mass is 9.33. The van der Waals surface area contributed by atoms with Crippen molar-refractivity contribution in [3.05, 3.63) is 443 Å². The fraction of sp³-hybridized carbons (Fsp3) is 0.0286. The maximum atomic E-state index is 2.75. The van der Waals surface area contributed by atoms with Crippen LogP contribution in [0, 0.1) is 0 Å². The Morgan fingerprint density at radius 1 is 0.202 bits per heavy atom. The predicted octanol–water partition coefficient (Wildman–Crippen LogP) is 23.6. The standard InChI is InChI=1S/C105H62BN3/c1-2-27-63(28-3-1)64-53-56-96-92(57-64)106-93-62-91-80(75-37-12-20-46-86(75)104(91)83-43-17-6-31-69(83)70-32-7-18-44-84(70)104)61-98(93)107(65-54-55-90-79(58-65)74-36-11-19-45-85(74)103(90)81-41-15-4-29-67(81)68-30-5-16-42-82(68)103)99-59-66(108-94-50-24-13-38-76(94)77-39-14-25-51-95(77)108)60-100(102(99)106)109(96)97-52-26-40-78-73-35-10-23-49-89(73)105(101(78)97)87-47-21-8-33-71(87)72-34-9-22-48-88(72)105/h1-62H. The minimum atomic E-state index is -0.671. The van der Waals surface area contributed by atoms with E-state index in [1.165, 1.54) is 177 Å². The molecule has 0 unspecified atom stereocenters. The van der Waals surface area contributed by atoms with Crippen LogP contribution >= 0.6 is 0 Å². The highest BCUT2D eigenvalue weighted by atomic mass is 15.2. The van der Waals surface area contributed by atoms with Gasteiger partial charge in [0.15, 0.2) is 0 Å². The molecule has 0 N–H and O–H groups in total. The molecule has 3 heterocycles. The summed E-state index contributed by atoms with van der Waals surface area (Å²) in [7, 11) is 0. The fourth-order valence-electron chi connectivity index (χ4n) is 22.8. The van der Waals surface area contributed by atoms with Crippen LogP contribution in [0.15, 0.2) is 376 Å². The molecule has 6 aliphatic carbocycles. The molecule has 0 fully saturated rings. The molecule has 0 saturated carbocycles. The Labute approximate surface area is 631 Å². The summed E-state index contributed by atoms with van der Waals surface area (Å²) in [5.74, 6) is 0. The van der Waals surface area contributed by atoms with Crippen molar-refractivity contribution in [2.24, 2.45) is 0 Å². The Hall–Kier alpha value is -13.8. The number of para-hydroxylation sites is 2. The Kier molecular flexibility index (Phi) is 11.2. The zero-order chi connectivity index (χ0) is 70.7. The molecule has 109 heavy (non-hydrogen) atoms. The van der Waals surface area contributed by atoms with E-state index in [0.29, 0.717) is 0 Å². The molecule has 0 amide bonds. The first-order valence-electron chi connectivity index (χ1n) is 38.4. The molecular weight excluding hydrogens is 1310 g/mol. The van der Waals surface area contributed by atoms with E-state index in [1.807, 2.05) is 0 Å². The summed E-state index contributed by atoms with van der Waals surface area (Å²) in [6, 6.07) is 146. The third-order valence-corrected chi connectivity index (χ3v) is 26.6. The summed E-state index contributed by atoms with van der Waals surface area (Å²) in [6.45, 7) is -0.280. The van der Waals surface area contributed by atoms with Crippen LogP contribution in [0.25, 0.3) is 105 Å². The lowest BCUT2D eigenvalue weighted by molar-refractivity contribution is 0.793. The fourth-order valence-corrected chi connectivity index (χ4v) is 22.8. The van der Waals surface area contributed by atoms with E-state index in [1.54, 1.807) is 0 Å². The molecule has 0 atom stereocenters. The van der Waals surface area contributed by atoms with Crippen LogP contribution in [-0.2, 0) is 16.2 Å². The quantitative estimate of drug-likeness (QED) is 0.163. The second kappa shape index (κ2) is 20.8. The van der Waals surface area contributed by atoms with Gasteiger partial charge < -0.3 is 14.4 Å². The van der Waals surface area contributed by atoms with Crippen LogP contribution in [0.4, 0.5) is 34.1 Å². The maximum absolute atomic E-state index is 2.75. The predicted molar refractivity (Wildman–Crippen MR) is 449 cm³/mol. The number of rotatable bonds is 4. The number of benzene rings is 17. The van der Waals surface area contributed by atoms with Gasteiger partial charge in [-0.25, -0.2) is 0 Å². The zero-order valence-electron chi connectivity index (χ0n) is 59.2. The van der Waals surface area contributed by atoms with Crippen LogP contribution in [0.5, 0.6) is 0 Å². The summed E-state index contributed by atoms with van der Waals surface area (Å²) >= 11 is 0. The summed E-state index contributed by atoms with van der Waals surface area (Å²) in [6.07, 6.45) is 0. The molecule has 3 spiro atoms. The second-order valence-corrected chi connectivity index (χ2v) is 31.1. The highest BCUT2D eigenvalue weighted by molar-refractivity contribution is 7.00. The van der Waals surface area contributed by atoms with E-state index in [4.69, 9.17) is 0 Å². The van der Waals surface area contributed by atoms with Gasteiger partial charge in [0.25, 0.3) is 6.71 Å². The molecule has 0 saturated heterocycles. The van der Waals surface area contributed by atoms with Crippen molar-refractivity contribution in [3.8, 4) is 83.6 Å². The van der Waals surface area contributed by atoms with Crippen molar-refractivity contribution in [1.82, 2.24) is 4.57 Å². The summed E-state index contributed by atoms with van der Waals surface area (Å²) in [4.78, 5) is 5.49. The van der Waals surface area contributed by atoms with Crippen LogP contribution in [0.2, 0.25) is 0 Å². The molecule has 500 valence electrons. The molecule has 8 aliphatic rings. The van der Waals surface area contributed by atoms with Crippen LogP contribution in [0.1, 0.15) is 66.8 Å². The number of fused-ring (bicyclic) bond motifs is 37. The van der Waals surface area contributed by atoms with E-state index in [-0.39, 0.29) is 6.71 Å². The lowest BCUT2D eigenvalue weighted by Crippen LogP contribution is -2.61. The maximum Gasteiger partial charge on any atom is 0.252 e. The Morgan fingerprint density at radius 3 is 1.09 bits per heavy atom. The second-order valence-electron chi connectivity index (χ2n) is 31.1. The van der Waals surface area contributed by atoms with Gasteiger partial charge in [-0.2, -0.15) is 0 Å². The molecule has 18 aromatic rings. The third-order valence-electron chi connectivity index (χ3n) is 26.6. The van der Waals surface area contributed by atoms with Crippen molar-refractivity contribution in [2.75, 3.05) is 9.80 Å². The molecule has 2 aliphatic heterocycles. The first kappa shape index (κ1) is 58.5. The molecule has 17 aromatic carbocycles. The van der Waals surface area contributed by atoms with Gasteiger partial charge in [0.2, 0.25) is 0 Å². The minimum absolute atomic E-state index is 0.280. The number of nitrogens with zero attached hydrogens (tertiary/aromatic N) is 3. The van der Waals surface area contributed by atoms with Gasteiger partial charge in [-0.15, -0.1) is 0 Å². The molecular formula is C105H62BN3. The van der Waals surface area contributed by atoms with Gasteiger partial charge >= 0.3 is 0 Å². The zero-order valence-corrected chi connectivity index (χ0v) is 59.2. The van der Waals surface area contributed by atoms with E-state index >= 15 is 0 Å². The average Bonchev–Trinajstić information content (AvgIpc) is 1.54. The molecule has 1 aromatic heterocycles. The van der Waals surface area contributed by atoms with E-state index < -0.39 is 16.2 Å². The topological polar surface area (TPSA) is 11.4 Å². The van der Waals surface area contributed by atoms with Crippen molar-refractivity contribution in [3.63, 3.8) is 0 Å². The van der Waals surface area contributed by atoms with Crippen molar-refractivity contribution in [1.29, 1.82) is 0 Å². The molecule has 0 radical (unpaired) electrons. The molecule has 0 bridgehead atoms. The number of hydrogen-bond donors (Lipinski definition) is 0. The largest absolute Gasteiger partial charge is 0.311 e. The molecule has 3 nitrogen and oxygen atoms in total. The summed E-state index contributed by atoms with van der Waals surface area (Å²) < 4.78 is 2.57.